The van der Waals surface area contributed by atoms with Gasteiger partial charge in [-0.15, -0.1) is 0 Å². The van der Waals surface area contributed by atoms with Gasteiger partial charge in [-0.1, -0.05) is 34.1 Å². The molecule has 0 aromatic heterocycles. The number of ether oxygens (including phenoxy) is 2. The first kappa shape index (κ1) is 25.0. The predicted molar refractivity (Wildman–Crippen MR) is 138 cm³/mol. The molecule has 0 saturated heterocycles. The van der Waals surface area contributed by atoms with E-state index in [9.17, 15) is 14.7 Å². The van der Waals surface area contributed by atoms with Crippen molar-refractivity contribution in [3.05, 3.63) is 64.1 Å². The highest BCUT2D eigenvalue weighted by molar-refractivity contribution is 9.10. The highest BCUT2D eigenvalue weighted by Gasteiger charge is 2.35. The third-order valence-electron chi connectivity index (χ3n) is 6.10. The van der Waals surface area contributed by atoms with Gasteiger partial charge in [0, 0.05) is 10.0 Å². The van der Waals surface area contributed by atoms with Gasteiger partial charge in [0.15, 0.2) is 0 Å². The Morgan fingerprint density at radius 2 is 2.06 bits per heavy atom. The second kappa shape index (κ2) is 10.2. The Balaban J connectivity index is 1.78. The molecule has 9 heteroatoms. The Hall–Kier alpha value is -3.14. The van der Waals surface area contributed by atoms with Gasteiger partial charge in [0.05, 0.1) is 25.4 Å². The van der Waals surface area contributed by atoms with Crippen molar-refractivity contribution in [1.82, 2.24) is 5.32 Å². The highest BCUT2D eigenvalue weighted by atomic mass is 79.9. The summed E-state index contributed by atoms with van der Waals surface area (Å²) in [6.07, 6.45) is -1.06. The molecule has 0 spiro atoms. The maximum Gasteiger partial charge on any atom is 0.253 e. The lowest BCUT2D eigenvalue weighted by molar-refractivity contribution is -0.130. The predicted octanol–water partition coefficient (Wildman–Crippen LogP) is 3.04. The van der Waals surface area contributed by atoms with Gasteiger partial charge < -0.3 is 30.5 Å². The second-order valence-corrected chi connectivity index (χ2v) is 9.56. The van der Waals surface area contributed by atoms with Crippen LogP contribution in [-0.4, -0.2) is 48.8 Å². The molecule has 1 aliphatic rings. The minimum atomic E-state index is -1.17. The summed E-state index contributed by atoms with van der Waals surface area (Å²) in [5.41, 5.74) is 8.18. The van der Waals surface area contributed by atoms with Crippen LogP contribution in [0.15, 0.2) is 53.0 Å². The number of anilines is 1. The number of aliphatic hydroxyl groups is 1. The molecule has 35 heavy (non-hydrogen) atoms. The van der Waals surface area contributed by atoms with Crippen LogP contribution >= 0.6 is 15.9 Å². The molecule has 3 aromatic rings. The van der Waals surface area contributed by atoms with E-state index >= 15 is 0 Å². The third-order valence-corrected chi connectivity index (χ3v) is 6.59. The minimum absolute atomic E-state index is 0.0658. The first-order valence-electron chi connectivity index (χ1n) is 11.2. The third kappa shape index (κ3) is 5.12. The number of benzene rings is 3. The Bertz CT molecular complexity index is 1280. The van der Waals surface area contributed by atoms with E-state index in [0.717, 1.165) is 26.4 Å². The van der Waals surface area contributed by atoms with E-state index in [1.807, 2.05) is 55.5 Å². The summed E-state index contributed by atoms with van der Waals surface area (Å²) in [7, 11) is 1.59. The molecule has 1 unspecified atom stereocenters. The molecular weight excluding hydrogens is 514 g/mol. The van der Waals surface area contributed by atoms with E-state index in [1.165, 1.54) is 6.92 Å². The molecule has 2 amide bonds. The highest BCUT2D eigenvalue weighted by Crippen LogP contribution is 2.37. The lowest BCUT2D eigenvalue weighted by Crippen LogP contribution is -2.56. The molecule has 184 valence electrons. The number of nitrogens with two attached hydrogens (primary N) is 1. The van der Waals surface area contributed by atoms with E-state index in [0.29, 0.717) is 17.2 Å². The molecule has 4 rings (SSSR count). The molecule has 0 radical (unpaired) electrons. The fourth-order valence-electron chi connectivity index (χ4n) is 4.12. The fourth-order valence-corrected chi connectivity index (χ4v) is 4.50. The number of halogens is 1. The Morgan fingerprint density at radius 3 is 2.77 bits per heavy atom. The summed E-state index contributed by atoms with van der Waals surface area (Å²) < 4.78 is 12.6. The van der Waals surface area contributed by atoms with Crippen LogP contribution in [0.25, 0.3) is 10.8 Å². The van der Waals surface area contributed by atoms with Gasteiger partial charge in [-0.25, -0.2) is 0 Å². The number of rotatable bonds is 6. The van der Waals surface area contributed by atoms with E-state index in [1.54, 1.807) is 12.0 Å². The monoisotopic (exact) mass is 541 g/mol. The second-order valence-electron chi connectivity index (χ2n) is 8.65. The number of amides is 2. The van der Waals surface area contributed by atoms with Crippen LogP contribution in [0.5, 0.6) is 11.5 Å². The zero-order valence-electron chi connectivity index (χ0n) is 19.7. The standard InChI is InChI=1S/C26H28BrN3O5/c1-14-4-8-21-23(10-14)35-13-20(29-25(32)24(28)15(2)31)26(33)30(21)12-19-18-7-6-17(27)11-16(18)5-9-22(19)34-3/h4-11,15,20,24,31H,12-13,28H2,1-3H3,(H,29,32)/t15-,20?,24-/m0/s1. The van der Waals surface area contributed by atoms with Crippen LogP contribution in [0.4, 0.5) is 5.69 Å². The number of aliphatic hydroxyl groups excluding tert-OH is 1. The van der Waals surface area contributed by atoms with Crippen LogP contribution in [0.1, 0.15) is 18.1 Å². The number of methoxy groups -OCH3 is 1. The van der Waals surface area contributed by atoms with E-state index in [4.69, 9.17) is 15.2 Å². The van der Waals surface area contributed by atoms with Crippen molar-refractivity contribution in [1.29, 1.82) is 0 Å². The van der Waals surface area contributed by atoms with Crippen molar-refractivity contribution >= 4 is 44.2 Å². The van der Waals surface area contributed by atoms with Crippen molar-refractivity contribution in [3.8, 4) is 11.5 Å². The first-order chi connectivity index (χ1) is 16.7. The van der Waals surface area contributed by atoms with Crippen molar-refractivity contribution in [2.75, 3.05) is 18.6 Å². The smallest absolute Gasteiger partial charge is 0.253 e. The lowest BCUT2D eigenvalue weighted by Gasteiger charge is -2.27. The molecule has 4 N–H and O–H groups in total. The Morgan fingerprint density at radius 1 is 1.29 bits per heavy atom. The van der Waals surface area contributed by atoms with Crippen molar-refractivity contribution in [2.24, 2.45) is 5.73 Å². The molecule has 3 atom stereocenters. The maximum atomic E-state index is 13.8. The average molecular weight is 542 g/mol. The SMILES string of the molecule is COc1ccc2cc(Br)ccc2c1CN1C(=O)C(NC(=O)[C@@H](N)[C@H](C)O)COc2cc(C)ccc21. The van der Waals surface area contributed by atoms with Crippen LogP contribution in [0, 0.1) is 6.92 Å². The number of nitrogens with zero attached hydrogens (tertiary/aromatic N) is 1. The number of fused-ring (bicyclic) bond motifs is 2. The van der Waals surface area contributed by atoms with Gasteiger partial charge in [-0.3, -0.25) is 9.59 Å². The summed E-state index contributed by atoms with van der Waals surface area (Å²) in [6, 6.07) is 13.2. The number of carbonyl (C=O) groups is 2. The quantitative estimate of drug-likeness (QED) is 0.442. The Labute approximate surface area is 212 Å². The van der Waals surface area contributed by atoms with E-state index in [-0.39, 0.29) is 19.1 Å². The molecule has 1 aliphatic heterocycles. The first-order valence-corrected chi connectivity index (χ1v) is 12.0. The fraction of sp³-hybridized carbons (Fsp3) is 0.308. The molecule has 0 aliphatic carbocycles. The summed E-state index contributed by atoms with van der Waals surface area (Å²) in [4.78, 5) is 28.0. The summed E-state index contributed by atoms with van der Waals surface area (Å²) >= 11 is 3.51. The van der Waals surface area contributed by atoms with Gasteiger partial charge >= 0.3 is 0 Å². The number of aryl methyl sites for hydroxylation is 1. The Kier molecular flexibility index (Phi) is 7.30. The normalized spacial score (nSPS) is 17.3. The van der Waals surface area contributed by atoms with E-state index < -0.39 is 24.1 Å². The zero-order valence-corrected chi connectivity index (χ0v) is 21.3. The van der Waals surface area contributed by atoms with Gasteiger partial charge in [0.25, 0.3) is 5.91 Å². The molecule has 1 heterocycles. The van der Waals surface area contributed by atoms with Crippen molar-refractivity contribution in [2.45, 2.75) is 38.6 Å². The van der Waals surface area contributed by atoms with Gasteiger partial charge in [0.1, 0.15) is 30.2 Å². The van der Waals surface area contributed by atoms with Gasteiger partial charge in [-0.2, -0.15) is 0 Å². The summed E-state index contributed by atoms with van der Waals surface area (Å²) in [5, 5.41) is 14.3. The van der Waals surface area contributed by atoms with Crippen molar-refractivity contribution in [3.63, 3.8) is 0 Å². The average Bonchev–Trinajstić information content (AvgIpc) is 2.95. The van der Waals surface area contributed by atoms with Gasteiger partial charge in [0.2, 0.25) is 5.91 Å². The number of carbonyl (C=O) groups excluding carboxylic acids is 2. The molecule has 0 bridgehead atoms. The summed E-state index contributed by atoms with van der Waals surface area (Å²) in [5.74, 6) is 0.201. The lowest BCUT2D eigenvalue weighted by atomic mass is 10.0. The van der Waals surface area contributed by atoms with Crippen LogP contribution < -0.4 is 25.4 Å². The summed E-state index contributed by atoms with van der Waals surface area (Å²) in [6.45, 7) is 3.48. The van der Waals surface area contributed by atoms with Crippen LogP contribution in [0.3, 0.4) is 0 Å². The molecule has 0 fully saturated rings. The molecule has 3 aromatic carbocycles. The van der Waals surface area contributed by atoms with Crippen LogP contribution in [-0.2, 0) is 16.1 Å². The molecule has 0 saturated carbocycles. The van der Waals surface area contributed by atoms with Crippen molar-refractivity contribution < 1.29 is 24.2 Å². The minimum Gasteiger partial charge on any atom is -0.496 e. The van der Waals surface area contributed by atoms with Gasteiger partial charge in [-0.05, 0) is 60.5 Å². The van der Waals surface area contributed by atoms with Crippen LogP contribution in [0.2, 0.25) is 0 Å². The maximum absolute atomic E-state index is 13.8. The zero-order chi connectivity index (χ0) is 25.3. The topological polar surface area (TPSA) is 114 Å². The number of hydrogen-bond donors (Lipinski definition) is 3. The van der Waals surface area contributed by atoms with E-state index in [2.05, 4.69) is 21.2 Å². The molecular formula is C26H28BrN3O5. The molecule has 8 nitrogen and oxygen atoms in total. The largest absolute Gasteiger partial charge is 0.496 e. The number of hydrogen-bond acceptors (Lipinski definition) is 6. The number of nitrogens with one attached hydrogen (secondary N) is 1.